The van der Waals surface area contributed by atoms with Crippen LogP contribution in [0.3, 0.4) is 0 Å². The van der Waals surface area contributed by atoms with Gasteiger partial charge in [0.1, 0.15) is 23.8 Å². The van der Waals surface area contributed by atoms with Crippen molar-refractivity contribution < 1.29 is 28.8 Å². The number of rotatable bonds is 11. The molecule has 1 rings (SSSR count). The molecule has 0 aromatic heterocycles. The number of hydrogen-bond acceptors (Lipinski definition) is 5. The van der Waals surface area contributed by atoms with Crippen molar-refractivity contribution in [2.75, 3.05) is 6.54 Å². The number of carboxylic acids is 1. The molecule has 2 amide bonds. The molecular weight excluding hydrogens is 421 g/mol. The van der Waals surface area contributed by atoms with Gasteiger partial charge in [0.15, 0.2) is 0 Å². The van der Waals surface area contributed by atoms with Crippen LogP contribution in [0.2, 0.25) is 0 Å². The summed E-state index contributed by atoms with van der Waals surface area (Å²) in [7, 11) is 0. The normalized spacial score (nSPS) is 14.3. The predicted molar refractivity (Wildman–Crippen MR) is 116 cm³/mol. The number of aliphatic carboxylic acids is 1. The zero-order valence-electron chi connectivity index (χ0n) is 19.1. The molecule has 9 nitrogen and oxygen atoms in total. The number of halogens is 1. The first-order valence-corrected chi connectivity index (χ1v) is 10.4. The van der Waals surface area contributed by atoms with E-state index in [0.717, 1.165) is 0 Å². The highest BCUT2D eigenvalue weighted by Gasteiger charge is 2.37. The largest absolute Gasteiger partial charge is 0.480 e. The number of carbonyl (C=O) groups is 3. The molecule has 10 heteroatoms. The van der Waals surface area contributed by atoms with Crippen molar-refractivity contribution in [2.45, 2.75) is 59.5 Å². The minimum Gasteiger partial charge on any atom is -0.480 e. The Labute approximate surface area is 186 Å². The van der Waals surface area contributed by atoms with Gasteiger partial charge in [-0.2, -0.15) is 0 Å². The molecule has 0 spiro atoms. The predicted octanol–water partition coefficient (Wildman–Crippen LogP) is 2.41. The molecule has 3 atom stereocenters. The first kappa shape index (κ1) is 27.0. The average Bonchev–Trinajstić information content (AvgIpc) is 2.64. The van der Waals surface area contributed by atoms with Crippen LogP contribution in [-0.4, -0.2) is 46.4 Å². The van der Waals surface area contributed by atoms with E-state index >= 15 is 0 Å². The van der Waals surface area contributed by atoms with Gasteiger partial charge in [0, 0.05) is 11.3 Å². The van der Waals surface area contributed by atoms with Gasteiger partial charge in [-0.05, 0) is 29.4 Å². The average molecular weight is 454 g/mol. The number of nitro groups is 1. The molecule has 0 saturated carbocycles. The molecule has 0 fully saturated rings. The van der Waals surface area contributed by atoms with Crippen molar-refractivity contribution >= 4 is 17.8 Å². The van der Waals surface area contributed by atoms with Crippen LogP contribution in [0.15, 0.2) is 24.3 Å². The maximum Gasteiger partial charge on any atom is 0.326 e. The summed E-state index contributed by atoms with van der Waals surface area (Å²) in [5.41, 5.74) is -0.697. The number of nitrogens with one attached hydrogen (secondary N) is 2. The van der Waals surface area contributed by atoms with E-state index in [1.807, 2.05) is 13.8 Å². The number of amides is 2. The number of benzene rings is 1. The van der Waals surface area contributed by atoms with E-state index < -0.39 is 58.5 Å². The molecule has 0 aliphatic heterocycles. The van der Waals surface area contributed by atoms with Crippen molar-refractivity contribution in [3.8, 4) is 0 Å². The molecular formula is C22H32FN3O6. The minimum absolute atomic E-state index is 0.0183. The van der Waals surface area contributed by atoms with Gasteiger partial charge in [0.2, 0.25) is 18.4 Å². The summed E-state index contributed by atoms with van der Waals surface area (Å²) in [4.78, 5) is 47.8. The van der Waals surface area contributed by atoms with Crippen molar-refractivity contribution in [3.63, 3.8) is 0 Å². The molecule has 0 unspecified atom stereocenters. The van der Waals surface area contributed by atoms with Gasteiger partial charge >= 0.3 is 5.97 Å². The van der Waals surface area contributed by atoms with Crippen LogP contribution in [0.5, 0.6) is 0 Å². The summed E-state index contributed by atoms with van der Waals surface area (Å²) in [6, 6.07) is 3.07. The van der Waals surface area contributed by atoms with Crippen LogP contribution in [0.1, 0.15) is 46.6 Å². The quantitative estimate of drug-likeness (QED) is 0.347. The number of nitrogens with zero attached hydrogens (tertiary/aromatic N) is 1. The van der Waals surface area contributed by atoms with Crippen LogP contribution in [-0.2, 0) is 20.8 Å². The second-order valence-electron chi connectivity index (χ2n) is 9.34. The van der Waals surface area contributed by atoms with Crippen LogP contribution in [0, 0.1) is 33.2 Å². The monoisotopic (exact) mass is 453 g/mol. The molecule has 0 heterocycles. The Bertz CT molecular complexity index is 837. The summed E-state index contributed by atoms with van der Waals surface area (Å²) in [5, 5.41) is 25.4. The maximum atomic E-state index is 14.0. The minimum atomic E-state index is -1.42. The molecule has 0 aliphatic carbocycles. The summed E-state index contributed by atoms with van der Waals surface area (Å²) < 4.78 is 14.0. The second kappa shape index (κ2) is 11.5. The Balaban J connectivity index is 3.05. The van der Waals surface area contributed by atoms with E-state index in [1.54, 1.807) is 26.8 Å². The maximum absolute atomic E-state index is 14.0. The smallest absolute Gasteiger partial charge is 0.326 e. The first-order chi connectivity index (χ1) is 14.7. The van der Waals surface area contributed by atoms with Gasteiger partial charge in [0.05, 0.1) is 0 Å². The molecule has 0 radical (unpaired) electrons. The van der Waals surface area contributed by atoms with E-state index in [9.17, 15) is 34.0 Å². The lowest BCUT2D eigenvalue weighted by Crippen LogP contribution is -2.58. The van der Waals surface area contributed by atoms with Crippen molar-refractivity contribution in [1.82, 2.24) is 10.6 Å². The lowest BCUT2D eigenvalue weighted by Gasteiger charge is -2.32. The van der Waals surface area contributed by atoms with E-state index in [-0.39, 0.29) is 24.3 Å². The lowest BCUT2D eigenvalue weighted by molar-refractivity contribution is -0.486. The fourth-order valence-corrected chi connectivity index (χ4v) is 3.29. The van der Waals surface area contributed by atoms with E-state index in [1.165, 1.54) is 18.2 Å². The SMILES string of the molecule is CC(C)C[C@H](C[N+](=O)[O-])C(=O)N[C@H](C(=O)N[C@H](Cc1ccccc1F)C(=O)O)C(C)(C)C. The van der Waals surface area contributed by atoms with Crippen LogP contribution in [0.4, 0.5) is 4.39 Å². The zero-order valence-corrected chi connectivity index (χ0v) is 19.1. The van der Waals surface area contributed by atoms with Gasteiger partial charge in [-0.1, -0.05) is 52.8 Å². The van der Waals surface area contributed by atoms with Crippen molar-refractivity contribution in [2.24, 2.45) is 17.3 Å². The van der Waals surface area contributed by atoms with Crippen LogP contribution < -0.4 is 10.6 Å². The first-order valence-electron chi connectivity index (χ1n) is 10.4. The Morgan fingerprint density at radius 3 is 2.19 bits per heavy atom. The number of carbonyl (C=O) groups excluding carboxylic acids is 2. The molecule has 0 bridgehead atoms. The molecule has 1 aromatic rings. The molecule has 0 saturated heterocycles. The van der Waals surface area contributed by atoms with Gasteiger partial charge in [-0.3, -0.25) is 19.7 Å². The van der Waals surface area contributed by atoms with E-state index in [2.05, 4.69) is 10.6 Å². The lowest BCUT2D eigenvalue weighted by atomic mass is 9.85. The zero-order chi connectivity index (χ0) is 24.6. The molecule has 32 heavy (non-hydrogen) atoms. The highest BCUT2D eigenvalue weighted by molar-refractivity contribution is 5.91. The van der Waals surface area contributed by atoms with E-state index in [4.69, 9.17) is 0 Å². The Morgan fingerprint density at radius 1 is 1.12 bits per heavy atom. The molecule has 178 valence electrons. The number of carboxylic acid groups (broad SMARTS) is 1. The second-order valence-corrected chi connectivity index (χ2v) is 9.34. The molecule has 1 aromatic carbocycles. The van der Waals surface area contributed by atoms with E-state index in [0.29, 0.717) is 0 Å². The van der Waals surface area contributed by atoms with Gasteiger partial charge < -0.3 is 15.7 Å². The Morgan fingerprint density at radius 2 is 1.72 bits per heavy atom. The Hall–Kier alpha value is -3.04. The topological polar surface area (TPSA) is 139 Å². The standard InChI is InChI=1S/C22H32FN3O6/c1-13(2)10-15(12-26(31)32)19(27)25-18(22(3,4)5)20(28)24-17(21(29)30)11-14-8-6-7-9-16(14)23/h6-9,13,15,17-18H,10-12H2,1-5H3,(H,24,28)(H,25,27)(H,29,30)/t15-,17-,18-/m1/s1. The van der Waals surface area contributed by atoms with Crippen molar-refractivity contribution in [1.29, 1.82) is 0 Å². The third kappa shape index (κ3) is 8.60. The third-order valence-corrected chi connectivity index (χ3v) is 4.91. The summed E-state index contributed by atoms with van der Waals surface area (Å²) >= 11 is 0. The molecule has 0 aliphatic rings. The summed E-state index contributed by atoms with van der Waals surface area (Å²) in [5.74, 6) is -4.27. The highest BCUT2D eigenvalue weighted by Crippen LogP contribution is 2.22. The fraction of sp³-hybridized carbons (Fsp3) is 0.591. The third-order valence-electron chi connectivity index (χ3n) is 4.91. The number of hydrogen-bond donors (Lipinski definition) is 3. The van der Waals surface area contributed by atoms with Crippen LogP contribution in [0.25, 0.3) is 0 Å². The van der Waals surface area contributed by atoms with Gasteiger partial charge in [-0.15, -0.1) is 0 Å². The van der Waals surface area contributed by atoms with Crippen molar-refractivity contribution in [3.05, 3.63) is 45.8 Å². The van der Waals surface area contributed by atoms with Gasteiger partial charge in [-0.25, -0.2) is 9.18 Å². The fourth-order valence-electron chi connectivity index (χ4n) is 3.29. The highest BCUT2D eigenvalue weighted by atomic mass is 19.1. The Kier molecular flexibility index (Phi) is 9.74. The summed E-state index contributed by atoms with van der Waals surface area (Å²) in [6.07, 6.45) is -0.0216. The van der Waals surface area contributed by atoms with Crippen LogP contribution >= 0.6 is 0 Å². The molecule has 3 N–H and O–H groups in total. The van der Waals surface area contributed by atoms with Gasteiger partial charge in [0.25, 0.3) is 0 Å². The summed E-state index contributed by atoms with van der Waals surface area (Å²) in [6.45, 7) is 8.11.